The maximum absolute atomic E-state index is 6.69. The molecular weight excluding hydrogens is 952 g/mol. The van der Waals surface area contributed by atoms with Crippen molar-refractivity contribution < 1.29 is 25.8 Å². The van der Waals surface area contributed by atoms with Crippen LogP contribution in [0, 0.1) is 18.8 Å². The van der Waals surface area contributed by atoms with Gasteiger partial charge in [0.1, 0.15) is 5.82 Å². The van der Waals surface area contributed by atoms with Crippen molar-refractivity contribution >= 4 is 44.6 Å². The summed E-state index contributed by atoms with van der Waals surface area (Å²) >= 11 is 0. The summed E-state index contributed by atoms with van der Waals surface area (Å²) in [5.41, 5.74) is 12.3. The molecule has 0 N–H and O–H groups in total. The number of anilines is 4. The van der Waals surface area contributed by atoms with Crippen molar-refractivity contribution in [2.75, 3.05) is 9.80 Å². The van der Waals surface area contributed by atoms with Crippen molar-refractivity contribution in [3.63, 3.8) is 0 Å². The second-order valence-electron chi connectivity index (χ2n) is 20.4. The Hall–Kier alpha value is -5.64. The Morgan fingerprint density at radius 1 is 0.508 bits per heavy atom. The molecule has 0 saturated carbocycles. The molecule has 6 heteroatoms. The fourth-order valence-corrected chi connectivity index (χ4v) is 8.52. The number of aromatic nitrogens is 2. The first-order valence-corrected chi connectivity index (χ1v) is 21.8. The van der Waals surface area contributed by atoms with Gasteiger partial charge in [-0.1, -0.05) is 142 Å². The topological polar surface area (TPSA) is 33.5 Å². The Morgan fingerprint density at radius 3 is 1.79 bits per heavy atom. The van der Waals surface area contributed by atoms with Crippen LogP contribution in [0.4, 0.5) is 22.7 Å². The van der Waals surface area contributed by atoms with Gasteiger partial charge in [0.15, 0.2) is 0 Å². The molecule has 6 aromatic carbocycles. The molecule has 9 rings (SSSR count). The van der Waals surface area contributed by atoms with Crippen LogP contribution in [0.5, 0.6) is 11.5 Å². The van der Waals surface area contributed by atoms with Gasteiger partial charge in [-0.15, -0.1) is 48.1 Å². The van der Waals surface area contributed by atoms with E-state index in [0.29, 0.717) is 11.5 Å². The van der Waals surface area contributed by atoms with Crippen molar-refractivity contribution in [1.29, 1.82) is 0 Å². The van der Waals surface area contributed by atoms with Crippen LogP contribution in [0.15, 0.2) is 140 Å². The number of nitrogens with zero attached hydrogens (tertiary/aromatic N) is 4. The van der Waals surface area contributed by atoms with Gasteiger partial charge >= 0.3 is 0 Å². The van der Waals surface area contributed by atoms with Crippen molar-refractivity contribution in [2.45, 2.75) is 97.8 Å². The Bertz CT molecular complexity index is 2930. The van der Waals surface area contributed by atoms with Gasteiger partial charge in [0.25, 0.3) is 0 Å². The summed E-state index contributed by atoms with van der Waals surface area (Å²) in [6.07, 6.45) is 1.93. The molecule has 2 aromatic heterocycles. The van der Waals surface area contributed by atoms with Gasteiger partial charge in [-0.05, 0) is 91.9 Å². The average Bonchev–Trinajstić information content (AvgIpc) is 3.79. The molecule has 0 atom stereocenters. The minimum Gasteiger partial charge on any atom is -0.509 e. The van der Waals surface area contributed by atoms with E-state index in [1.54, 1.807) is 0 Å². The molecule has 0 aliphatic carbocycles. The van der Waals surface area contributed by atoms with E-state index in [0.717, 1.165) is 50.4 Å². The average molecular weight is 1010 g/mol. The van der Waals surface area contributed by atoms with E-state index < -0.39 is 0 Å². The second kappa shape index (κ2) is 16.2. The zero-order valence-corrected chi connectivity index (χ0v) is 40.6. The smallest absolute Gasteiger partial charge is 0.135 e. The van der Waals surface area contributed by atoms with E-state index in [4.69, 9.17) is 9.72 Å². The van der Waals surface area contributed by atoms with Gasteiger partial charge in [-0.25, -0.2) is 4.98 Å². The quantitative estimate of drug-likeness (QED) is 0.149. The molecule has 0 spiro atoms. The largest absolute Gasteiger partial charge is 0.509 e. The molecule has 1 aliphatic rings. The fraction of sp³-hybridized carbons (Fsp3) is 0.263. The Balaban J connectivity index is 0.00000544. The van der Waals surface area contributed by atoms with Crippen LogP contribution < -0.4 is 14.5 Å². The molecule has 0 unspecified atom stereocenters. The van der Waals surface area contributed by atoms with Crippen molar-refractivity contribution in [1.82, 2.24) is 9.55 Å². The van der Waals surface area contributed by atoms with Crippen LogP contribution >= 0.6 is 0 Å². The molecule has 1 aliphatic heterocycles. The van der Waals surface area contributed by atoms with Crippen molar-refractivity contribution in [3.05, 3.63) is 186 Å². The first-order chi connectivity index (χ1) is 29.4. The van der Waals surface area contributed by atoms with Crippen LogP contribution in [0.2, 0.25) is 0 Å². The van der Waals surface area contributed by atoms with E-state index in [1.807, 2.05) is 24.4 Å². The Morgan fingerprint density at radius 2 is 1.13 bits per heavy atom. The third kappa shape index (κ3) is 8.33. The summed E-state index contributed by atoms with van der Waals surface area (Å²) in [6, 6.07) is 55.0. The Kier molecular flexibility index (Phi) is 11.3. The summed E-state index contributed by atoms with van der Waals surface area (Å²) in [4.78, 5) is 9.52. The number of hydrogen-bond donors (Lipinski definition) is 0. The minimum absolute atomic E-state index is 0. The molecular formula is C57H57N4OPt-3. The summed E-state index contributed by atoms with van der Waals surface area (Å²) < 4.78 is 8.95. The molecule has 0 fully saturated rings. The van der Waals surface area contributed by atoms with Crippen LogP contribution in [-0.4, -0.2) is 9.55 Å². The third-order valence-electron chi connectivity index (χ3n) is 12.5. The second-order valence-corrected chi connectivity index (χ2v) is 20.4. The van der Waals surface area contributed by atoms with Gasteiger partial charge in [0.05, 0.1) is 0 Å². The molecule has 0 radical (unpaired) electrons. The first-order valence-electron chi connectivity index (χ1n) is 21.8. The summed E-state index contributed by atoms with van der Waals surface area (Å²) in [6.45, 7) is 27.2. The Labute approximate surface area is 389 Å². The SMILES string of the molecule is CC(C)(C)c1cc(N2[CH-]N(c3[c-]c(Oc4[c-]c5c(cc4)c4ccc(C(C)(C)C)cc4n5-c4cc(C(C)(C)c5ccccc5)ccn4)ccc3)c3ccccc32)cc(C(C)(C)C)c1.[Pt]. The van der Waals surface area contributed by atoms with Gasteiger partial charge in [0, 0.05) is 66.8 Å². The monoisotopic (exact) mass is 1010 g/mol. The zero-order valence-electron chi connectivity index (χ0n) is 38.4. The number of rotatable bonds is 7. The van der Waals surface area contributed by atoms with Crippen molar-refractivity contribution in [2.24, 2.45) is 0 Å². The maximum atomic E-state index is 6.69. The molecule has 0 bridgehead atoms. The normalized spacial score (nSPS) is 13.4. The van der Waals surface area contributed by atoms with Gasteiger partial charge in [-0.2, -0.15) is 12.1 Å². The number of ether oxygens (including phenoxy) is 1. The number of benzene rings is 6. The number of pyridine rings is 1. The predicted octanol–water partition coefficient (Wildman–Crippen LogP) is 15.2. The summed E-state index contributed by atoms with van der Waals surface area (Å²) in [5.74, 6) is 2.05. The van der Waals surface area contributed by atoms with Gasteiger partial charge in [0.2, 0.25) is 0 Å². The van der Waals surface area contributed by atoms with Crippen LogP contribution in [0.25, 0.3) is 27.6 Å². The predicted molar refractivity (Wildman–Crippen MR) is 259 cm³/mol. The van der Waals surface area contributed by atoms with Crippen LogP contribution in [-0.2, 0) is 42.7 Å². The van der Waals surface area contributed by atoms with E-state index in [1.165, 1.54) is 27.8 Å². The molecule has 63 heavy (non-hydrogen) atoms. The van der Waals surface area contributed by atoms with Crippen LogP contribution in [0.3, 0.4) is 0 Å². The first kappa shape index (κ1) is 44.0. The standard InChI is InChI=1S/C57H57N4O.Pt/c1-54(2,3)39-24-26-47-48-27-25-46(36-52(48)61(51(47)33-39)53-34-40(28-29-58-53)57(10,11)38-18-13-12-14-19-38)62-45-21-17-20-43(35-45)59-37-60(50-23-16-15-22-49(50)59)44-31-41(55(4,5)6)30-42(32-44)56(7,8)9;/h12-34,37H,1-11H3;/q-3;. The van der Waals surface area contributed by atoms with Gasteiger partial charge < -0.3 is 19.1 Å². The molecule has 0 amide bonds. The molecule has 3 heterocycles. The van der Waals surface area contributed by atoms with Gasteiger partial charge in [-0.3, -0.25) is 0 Å². The van der Waals surface area contributed by atoms with E-state index in [2.05, 4.69) is 225 Å². The number of fused-ring (bicyclic) bond motifs is 4. The summed E-state index contributed by atoms with van der Waals surface area (Å²) in [7, 11) is 0. The molecule has 0 saturated heterocycles. The van der Waals surface area contributed by atoms with E-state index in [9.17, 15) is 0 Å². The number of hydrogen-bond acceptors (Lipinski definition) is 4. The van der Waals surface area contributed by atoms with Crippen molar-refractivity contribution in [3.8, 4) is 17.3 Å². The minimum atomic E-state index is -0.233. The zero-order chi connectivity index (χ0) is 43.8. The summed E-state index contributed by atoms with van der Waals surface area (Å²) in [5, 5.41) is 2.24. The van der Waals surface area contributed by atoms with Crippen LogP contribution in [0.1, 0.15) is 104 Å². The molecule has 324 valence electrons. The van der Waals surface area contributed by atoms with E-state index in [-0.39, 0.29) is 42.7 Å². The number of para-hydroxylation sites is 2. The maximum Gasteiger partial charge on any atom is 0.135 e. The molecule has 8 aromatic rings. The van der Waals surface area contributed by atoms with E-state index >= 15 is 0 Å². The fourth-order valence-electron chi connectivity index (χ4n) is 8.52. The molecule has 5 nitrogen and oxygen atoms in total. The third-order valence-corrected chi connectivity index (χ3v) is 12.5.